The molecule has 10 heteroatoms. The molecule has 1 aromatic heterocycles. The second-order valence-electron chi connectivity index (χ2n) is 6.95. The summed E-state index contributed by atoms with van der Waals surface area (Å²) in [6.07, 6.45) is 1.49. The third-order valence-corrected chi connectivity index (χ3v) is 5.16. The minimum atomic E-state index is -0.816. The van der Waals surface area contributed by atoms with Crippen molar-refractivity contribution in [1.29, 1.82) is 0 Å². The van der Waals surface area contributed by atoms with Crippen LogP contribution < -0.4 is 19.7 Å². The number of carbonyl (C=O) groups excluding carboxylic acids is 1. The van der Waals surface area contributed by atoms with Gasteiger partial charge in [0, 0.05) is 43.7 Å². The summed E-state index contributed by atoms with van der Waals surface area (Å²) in [6, 6.07) is 6.22. The van der Waals surface area contributed by atoms with Crippen molar-refractivity contribution in [3.63, 3.8) is 0 Å². The van der Waals surface area contributed by atoms with Crippen LogP contribution in [0.5, 0.6) is 11.5 Å². The van der Waals surface area contributed by atoms with E-state index in [2.05, 4.69) is 20.2 Å². The highest BCUT2D eigenvalue weighted by atomic mass is 19.1. The number of carbonyl (C=O) groups is 1. The smallest absolute Gasteiger partial charge is 0.322 e. The van der Waals surface area contributed by atoms with Gasteiger partial charge in [-0.3, -0.25) is 0 Å². The molecular weight excluding hydrogens is 408 g/mol. The Balaban J connectivity index is 1.48. The second kappa shape index (κ2) is 8.58. The molecule has 162 valence electrons. The molecule has 4 rings (SSSR count). The van der Waals surface area contributed by atoms with Crippen molar-refractivity contribution in [2.75, 3.05) is 50.6 Å². The van der Waals surface area contributed by atoms with Gasteiger partial charge in [0.05, 0.1) is 25.4 Å². The Morgan fingerprint density at radius 1 is 1.00 bits per heavy atom. The number of halogens is 2. The Bertz CT molecular complexity index is 1120. The summed E-state index contributed by atoms with van der Waals surface area (Å²) in [5.41, 5.74) is 0.659. The van der Waals surface area contributed by atoms with E-state index in [0.717, 1.165) is 28.9 Å². The van der Waals surface area contributed by atoms with Crippen LogP contribution in [0.25, 0.3) is 10.9 Å². The summed E-state index contributed by atoms with van der Waals surface area (Å²) < 4.78 is 37.6. The van der Waals surface area contributed by atoms with Gasteiger partial charge in [0.25, 0.3) is 0 Å². The largest absolute Gasteiger partial charge is 0.493 e. The standard InChI is InChI=1S/C21H21F2N5O3/c1-30-18-10-14-17(11-19(18)31-2)24-12-25-20(14)27-5-7-28(8-6-27)21(29)26-16-4-3-13(22)9-15(16)23/h3-4,9-12H,5-8H2,1-2H3,(H,26,29). The minimum absolute atomic E-state index is 0.0586. The lowest BCUT2D eigenvalue weighted by atomic mass is 10.2. The van der Waals surface area contributed by atoms with E-state index in [0.29, 0.717) is 37.7 Å². The van der Waals surface area contributed by atoms with Crippen molar-refractivity contribution in [3.8, 4) is 11.5 Å². The van der Waals surface area contributed by atoms with Crippen molar-refractivity contribution in [1.82, 2.24) is 14.9 Å². The highest BCUT2D eigenvalue weighted by Gasteiger charge is 2.24. The van der Waals surface area contributed by atoms with E-state index < -0.39 is 17.7 Å². The Hall–Kier alpha value is -3.69. The quantitative estimate of drug-likeness (QED) is 0.686. The summed E-state index contributed by atoms with van der Waals surface area (Å²) >= 11 is 0. The van der Waals surface area contributed by atoms with Crippen LogP contribution in [0.2, 0.25) is 0 Å². The van der Waals surface area contributed by atoms with Crippen LogP contribution in [-0.4, -0.2) is 61.3 Å². The van der Waals surface area contributed by atoms with Crippen LogP contribution in [0.15, 0.2) is 36.7 Å². The molecule has 2 amide bonds. The van der Waals surface area contributed by atoms with Crippen LogP contribution in [0, 0.1) is 11.6 Å². The number of benzene rings is 2. The van der Waals surface area contributed by atoms with Gasteiger partial charge in [-0.25, -0.2) is 23.5 Å². The zero-order valence-corrected chi connectivity index (χ0v) is 17.1. The first-order chi connectivity index (χ1) is 15.0. The monoisotopic (exact) mass is 429 g/mol. The number of hydrogen-bond acceptors (Lipinski definition) is 6. The average Bonchev–Trinajstić information content (AvgIpc) is 2.79. The van der Waals surface area contributed by atoms with E-state index in [9.17, 15) is 13.6 Å². The third-order valence-electron chi connectivity index (χ3n) is 5.16. The zero-order valence-electron chi connectivity index (χ0n) is 17.1. The highest BCUT2D eigenvalue weighted by Crippen LogP contribution is 2.34. The number of aromatic nitrogens is 2. The van der Waals surface area contributed by atoms with Crippen molar-refractivity contribution >= 4 is 28.4 Å². The fourth-order valence-electron chi connectivity index (χ4n) is 3.53. The van der Waals surface area contributed by atoms with Crippen molar-refractivity contribution < 1.29 is 23.0 Å². The number of ether oxygens (including phenoxy) is 2. The van der Waals surface area contributed by atoms with Gasteiger partial charge in [0.15, 0.2) is 11.5 Å². The molecule has 0 radical (unpaired) electrons. The lowest BCUT2D eigenvalue weighted by molar-refractivity contribution is 0.208. The first-order valence-electron chi connectivity index (χ1n) is 9.63. The van der Waals surface area contributed by atoms with E-state index in [1.807, 2.05) is 6.07 Å². The summed E-state index contributed by atoms with van der Waals surface area (Å²) in [5.74, 6) is 0.370. The topological polar surface area (TPSA) is 79.8 Å². The third kappa shape index (κ3) is 4.14. The van der Waals surface area contributed by atoms with Crippen LogP contribution >= 0.6 is 0 Å². The van der Waals surface area contributed by atoms with Gasteiger partial charge in [0.2, 0.25) is 0 Å². The van der Waals surface area contributed by atoms with Gasteiger partial charge in [-0.05, 0) is 18.2 Å². The Kier molecular flexibility index (Phi) is 5.70. The molecule has 2 aromatic carbocycles. The molecule has 0 bridgehead atoms. The van der Waals surface area contributed by atoms with Gasteiger partial charge < -0.3 is 24.6 Å². The molecule has 3 aromatic rings. The Morgan fingerprint density at radius 2 is 1.71 bits per heavy atom. The molecule has 1 fully saturated rings. The molecule has 31 heavy (non-hydrogen) atoms. The molecule has 1 aliphatic rings. The molecule has 1 saturated heterocycles. The van der Waals surface area contributed by atoms with Crippen molar-refractivity contribution in [2.45, 2.75) is 0 Å². The van der Waals surface area contributed by atoms with Crippen LogP contribution in [-0.2, 0) is 0 Å². The molecule has 8 nitrogen and oxygen atoms in total. The summed E-state index contributed by atoms with van der Waals surface area (Å²) in [4.78, 5) is 24.9. The van der Waals surface area contributed by atoms with Gasteiger partial charge in [-0.1, -0.05) is 0 Å². The van der Waals surface area contributed by atoms with E-state index in [-0.39, 0.29) is 5.69 Å². The number of fused-ring (bicyclic) bond motifs is 1. The first-order valence-corrected chi connectivity index (χ1v) is 9.63. The maximum Gasteiger partial charge on any atom is 0.322 e. The van der Waals surface area contributed by atoms with Crippen molar-refractivity contribution in [3.05, 3.63) is 48.3 Å². The normalized spacial score (nSPS) is 13.9. The number of nitrogens with one attached hydrogen (secondary N) is 1. The molecule has 0 atom stereocenters. The van der Waals surface area contributed by atoms with Crippen LogP contribution in [0.1, 0.15) is 0 Å². The molecule has 1 aliphatic heterocycles. The number of nitrogens with zero attached hydrogens (tertiary/aromatic N) is 4. The molecule has 0 saturated carbocycles. The molecule has 0 aliphatic carbocycles. The van der Waals surface area contributed by atoms with E-state index in [1.165, 1.54) is 12.4 Å². The van der Waals surface area contributed by atoms with E-state index >= 15 is 0 Å². The van der Waals surface area contributed by atoms with Gasteiger partial charge in [-0.2, -0.15) is 0 Å². The highest BCUT2D eigenvalue weighted by molar-refractivity contribution is 5.92. The lowest BCUT2D eigenvalue weighted by Gasteiger charge is -2.35. The molecular formula is C21H21F2N5O3. The van der Waals surface area contributed by atoms with E-state index in [4.69, 9.17) is 9.47 Å². The predicted molar refractivity (Wildman–Crippen MR) is 112 cm³/mol. The van der Waals surface area contributed by atoms with Crippen molar-refractivity contribution in [2.24, 2.45) is 0 Å². The Morgan fingerprint density at radius 3 is 2.39 bits per heavy atom. The zero-order chi connectivity index (χ0) is 22.0. The van der Waals surface area contributed by atoms with Crippen LogP contribution in [0.3, 0.4) is 0 Å². The molecule has 2 heterocycles. The number of anilines is 2. The summed E-state index contributed by atoms with van der Waals surface area (Å²) in [6.45, 7) is 1.88. The van der Waals surface area contributed by atoms with Gasteiger partial charge in [0.1, 0.15) is 23.8 Å². The number of hydrogen-bond donors (Lipinski definition) is 1. The maximum atomic E-state index is 13.8. The van der Waals surface area contributed by atoms with E-state index in [1.54, 1.807) is 25.2 Å². The number of piperazine rings is 1. The molecule has 0 unspecified atom stereocenters. The number of urea groups is 1. The fourth-order valence-corrected chi connectivity index (χ4v) is 3.53. The number of methoxy groups -OCH3 is 2. The SMILES string of the molecule is COc1cc2ncnc(N3CCN(C(=O)Nc4ccc(F)cc4F)CC3)c2cc1OC. The van der Waals surface area contributed by atoms with Crippen LogP contribution in [0.4, 0.5) is 25.1 Å². The first kappa shape index (κ1) is 20.6. The molecule has 0 spiro atoms. The Labute approximate surface area is 177 Å². The predicted octanol–water partition coefficient (Wildman–Crippen LogP) is 3.28. The molecule has 1 N–H and O–H groups in total. The summed E-state index contributed by atoms with van der Waals surface area (Å²) in [7, 11) is 3.13. The fraction of sp³-hybridized carbons (Fsp3) is 0.286. The minimum Gasteiger partial charge on any atom is -0.493 e. The van der Waals surface area contributed by atoms with Gasteiger partial charge >= 0.3 is 6.03 Å². The number of rotatable bonds is 4. The second-order valence-corrected chi connectivity index (χ2v) is 6.95. The van der Waals surface area contributed by atoms with Gasteiger partial charge in [-0.15, -0.1) is 0 Å². The average molecular weight is 429 g/mol. The number of amides is 2. The maximum absolute atomic E-state index is 13.8. The lowest BCUT2D eigenvalue weighted by Crippen LogP contribution is -2.50. The summed E-state index contributed by atoms with van der Waals surface area (Å²) in [5, 5.41) is 3.30.